The van der Waals surface area contributed by atoms with Crippen LogP contribution in [0, 0.1) is 0 Å². The molecule has 1 heterocycles. The van der Waals surface area contributed by atoms with Crippen molar-refractivity contribution in [2.24, 2.45) is 0 Å². The summed E-state index contributed by atoms with van der Waals surface area (Å²) in [5.41, 5.74) is 0.606. The van der Waals surface area contributed by atoms with Crippen LogP contribution in [-0.2, 0) is 21.5 Å². The van der Waals surface area contributed by atoms with Crippen molar-refractivity contribution < 1.29 is 19.1 Å². The largest absolute Gasteiger partial charge is 0.497 e. The Morgan fingerprint density at radius 2 is 1.76 bits per heavy atom. The normalized spacial score (nSPS) is 18.6. The summed E-state index contributed by atoms with van der Waals surface area (Å²) in [6.45, 7) is 3.26. The maximum Gasteiger partial charge on any atom is 0.325 e. The number of hydrogen-bond acceptors (Lipinski definition) is 4. The number of amides is 4. The van der Waals surface area contributed by atoms with E-state index in [0.717, 1.165) is 34.3 Å². The minimum atomic E-state index is -1.25. The van der Waals surface area contributed by atoms with Crippen LogP contribution < -0.4 is 15.4 Å². The molecule has 3 aromatic carbocycles. The molecule has 176 valence electrons. The highest BCUT2D eigenvalue weighted by atomic mass is 16.5. The quantitative estimate of drug-likeness (QED) is 0.502. The molecule has 34 heavy (non-hydrogen) atoms. The topological polar surface area (TPSA) is 87.7 Å². The Hall–Kier alpha value is -3.87. The third-order valence-corrected chi connectivity index (χ3v) is 6.32. The number of ether oxygens (including phenoxy) is 1. The second-order valence-corrected chi connectivity index (χ2v) is 8.87. The van der Waals surface area contributed by atoms with Crippen molar-refractivity contribution in [1.82, 2.24) is 15.5 Å². The molecule has 1 aliphatic heterocycles. The average Bonchev–Trinajstić information content (AvgIpc) is 3.06. The van der Waals surface area contributed by atoms with Gasteiger partial charge in [0.1, 0.15) is 17.8 Å². The van der Waals surface area contributed by atoms with Crippen molar-refractivity contribution in [3.8, 4) is 5.75 Å². The first-order chi connectivity index (χ1) is 16.3. The zero-order chi connectivity index (χ0) is 24.3. The molecule has 0 aliphatic carbocycles. The summed E-state index contributed by atoms with van der Waals surface area (Å²) in [6.07, 6.45) is 1.59. The van der Waals surface area contributed by atoms with Gasteiger partial charge in [-0.2, -0.15) is 0 Å². The van der Waals surface area contributed by atoms with Crippen LogP contribution >= 0.6 is 0 Å². The summed E-state index contributed by atoms with van der Waals surface area (Å²) in [5, 5.41) is 7.55. The number of urea groups is 1. The van der Waals surface area contributed by atoms with Crippen molar-refractivity contribution >= 4 is 28.6 Å². The van der Waals surface area contributed by atoms with E-state index < -0.39 is 17.5 Å². The zero-order valence-electron chi connectivity index (χ0n) is 19.6. The number of carbonyl (C=O) groups excluding carboxylic acids is 3. The first-order valence-electron chi connectivity index (χ1n) is 11.4. The molecule has 0 bridgehead atoms. The molecule has 1 aliphatic rings. The summed E-state index contributed by atoms with van der Waals surface area (Å²) in [7, 11) is 1.61. The van der Waals surface area contributed by atoms with Gasteiger partial charge in [0.2, 0.25) is 5.91 Å². The molecular weight excluding hydrogens is 430 g/mol. The number of rotatable bonds is 8. The Balaban J connectivity index is 1.41. The second-order valence-electron chi connectivity index (χ2n) is 8.87. The molecule has 0 aromatic heterocycles. The van der Waals surface area contributed by atoms with Crippen LogP contribution in [0.4, 0.5) is 4.79 Å². The highest BCUT2D eigenvalue weighted by molar-refractivity contribution is 6.09. The number of imide groups is 1. The predicted molar refractivity (Wildman–Crippen MR) is 130 cm³/mol. The lowest BCUT2D eigenvalue weighted by molar-refractivity contribution is -0.135. The molecule has 0 radical (unpaired) electrons. The fraction of sp³-hybridized carbons (Fsp3) is 0.296. The fourth-order valence-corrected chi connectivity index (χ4v) is 4.26. The van der Waals surface area contributed by atoms with Gasteiger partial charge < -0.3 is 15.4 Å². The van der Waals surface area contributed by atoms with E-state index in [1.165, 1.54) is 5.56 Å². The maximum atomic E-state index is 13.2. The van der Waals surface area contributed by atoms with Gasteiger partial charge in [0.25, 0.3) is 5.91 Å². The number of methoxy groups -OCH3 is 1. The molecule has 2 atom stereocenters. The predicted octanol–water partition coefficient (Wildman–Crippen LogP) is 3.75. The molecule has 4 rings (SSSR count). The van der Waals surface area contributed by atoms with Gasteiger partial charge in [-0.15, -0.1) is 0 Å². The summed E-state index contributed by atoms with van der Waals surface area (Å²) in [4.78, 5) is 39.5. The number of benzene rings is 3. The molecule has 0 saturated carbocycles. The van der Waals surface area contributed by atoms with E-state index in [-0.39, 0.29) is 18.5 Å². The van der Waals surface area contributed by atoms with Crippen LogP contribution in [0.25, 0.3) is 10.8 Å². The summed E-state index contributed by atoms with van der Waals surface area (Å²) in [6, 6.07) is 20.6. The maximum absolute atomic E-state index is 13.2. The van der Waals surface area contributed by atoms with Crippen molar-refractivity contribution in [2.45, 2.75) is 38.3 Å². The number of hydrogen-bond donors (Lipinski definition) is 2. The molecule has 7 nitrogen and oxygen atoms in total. The van der Waals surface area contributed by atoms with Gasteiger partial charge in [0.15, 0.2) is 0 Å². The van der Waals surface area contributed by atoms with E-state index in [2.05, 4.69) is 10.6 Å². The van der Waals surface area contributed by atoms with E-state index in [4.69, 9.17) is 4.74 Å². The van der Waals surface area contributed by atoms with Crippen LogP contribution in [0.15, 0.2) is 66.7 Å². The van der Waals surface area contributed by atoms with Crippen LogP contribution in [0.2, 0.25) is 0 Å². The molecule has 4 amide bonds. The van der Waals surface area contributed by atoms with Crippen LogP contribution in [0.5, 0.6) is 5.75 Å². The van der Waals surface area contributed by atoms with E-state index in [1.54, 1.807) is 14.0 Å². The van der Waals surface area contributed by atoms with Gasteiger partial charge in [-0.05, 0) is 66.8 Å². The molecule has 2 N–H and O–H groups in total. The van der Waals surface area contributed by atoms with Crippen molar-refractivity contribution in [2.75, 3.05) is 13.7 Å². The van der Waals surface area contributed by atoms with Crippen LogP contribution in [-0.4, -0.2) is 42.4 Å². The van der Waals surface area contributed by atoms with Gasteiger partial charge in [0, 0.05) is 6.04 Å². The fourth-order valence-electron chi connectivity index (χ4n) is 4.26. The third kappa shape index (κ3) is 4.73. The van der Waals surface area contributed by atoms with E-state index >= 15 is 0 Å². The first kappa shape index (κ1) is 23.3. The van der Waals surface area contributed by atoms with E-state index in [1.807, 2.05) is 73.7 Å². The lowest BCUT2D eigenvalue weighted by Crippen LogP contribution is -2.45. The second kappa shape index (κ2) is 9.55. The number of nitrogens with zero attached hydrogens (tertiary/aromatic N) is 1. The van der Waals surface area contributed by atoms with Gasteiger partial charge in [-0.25, -0.2) is 4.79 Å². The van der Waals surface area contributed by atoms with E-state index in [0.29, 0.717) is 5.56 Å². The highest BCUT2D eigenvalue weighted by Gasteiger charge is 2.49. The number of nitrogens with one attached hydrogen (secondary N) is 2. The Labute approximate surface area is 199 Å². The Kier molecular flexibility index (Phi) is 6.54. The van der Waals surface area contributed by atoms with Crippen molar-refractivity contribution in [3.63, 3.8) is 0 Å². The molecule has 0 unspecified atom stereocenters. The van der Waals surface area contributed by atoms with Crippen molar-refractivity contribution in [1.29, 1.82) is 0 Å². The SMILES string of the molecule is COc1ccc2cc([C@]3(C)NC(=O)N(CC(=O)N[C@@H](C)CCc4ccccc4)C3=O)ccc2c1. The zero-order valence-corrected chi connectivity index (χ0v) is 19.6. The monoisotopic (exact) mass is 459 g/mol. The molecular formula is C27H29N3O4. The van der Waals surface area contributed by atoms with Gasteiger partial charge in [-0.1, -0.05) is 48.5 Å². The minimum absolute atomic E-state index is 0.0858. The lowest BCUT2D eigenvalue weighted by atomic mass is 9.90. The average molecular weight is 460 g/mol. The molecule has 1 saturated heterocycles. The highest BCUT2D eigenvalue weighted by Crippen LogP contribution is 2.32. The van der Waals surface area contributed by atoms with E-state index in [9.17, 15) is 14.4 Å². The Bertz CT molecular complexity index is 1230. The smallest absolute Gasteiger partial charge is 0.325 e. The summed E-state index contributed by atoms with van der Waals surface area (Å²) >= 11 is 0. The Morgan fingerprint density at radius 3 is 2.50 bits per heavy atom. The van der Waals surface area contributed by atoms with Gasteiger partial charge >= 0.3 is 6.03 Å². The minimum Gasteiger partial charge on any atom is -0.497 e. The number of fused-ring (bicyclic) bond motifs is 1. The number of aryl methyl sites for hydroxylation is 1. The van der Waals surface area contributed by atoms with Gasteiger partial charge in [0.05, 0.1) is 7.11 Å². The van der Waals surface area contributed by atoms with Crippen LogP contribution in [0.1, 0.15) is 31.4 Å². The number of carbonyl (C=O) groups is 3. The molecule has 0 spiro atoms. The molecule has 1 fully saturated rings. The first-order valence-corrected chi connectivity index (χ1v) is 11.4. The van der Waals surface area contributed by atoms with Crippen LogP contribution in [0.3, 0.4) is 0 Å². The van der Waals surface area contributed by atoms with Gasteiger partial charge in [-0.3, -0.25) is 14.5 Å². The summed E-state index contributed by atoms with van der Waals surface area (Å²) < 4.78 is 5.26. The molecule has 7 heteroatoms. The standard InChI is InChI=1S/C27H29N3O4/c1-18(9-10-19-7-5-4-6-8-19)28-24(31)17-30-25(32)27(2,29-26(30)33)22-13-11-21-16-23(34-3)14-12-20(21)15-22/h4-8,11-16,18H,9-10,17H2,1-3H3,(H,28,31)(H,29,33)/t18-,27-/m0/s1. The summed E-state index contributed by atoms with van der Waals surface area (Å²) in [5.74, 6) is -0.0664. The lowest BCUT2D eigenvalue weighted by Gasteiger charge is -2.23. The van der Waals surface area contributed by atoms with Crippen molar-refractivity contribution in [3.05, 3.63) is 77.9 Å². The Morgan fingerprint density at radius 1 is 1.06 bits per heavy atom. The third-order valence-electron chi connectivity index (χ3n) is 6.32. The molecule has 3 aromatic rings.